The molecule has 8 heavy (non-hydrogen) atoms. The highest BCUT2D eigenvalue weighted by molar-refractivity contribution is 4.70. The summed E-state index contributed by atoms with van der Waals surface area (Å²) in [5.41, 5.74) is 0. The third kappa shape index (κ3) is 0.616. The van der Waals surface area contributed by atoms with E-state index in [9.17, 15) is 10.1 Å². The van der Waals surface area contributed by atoms with E-state index in [1.807, 2.05) is 6.92 Å². The summed E-state index contributed by atoms with van der Waals surface area (Å²) in [6.07, 6.45) is 0.959. The van der Waals surface area contributed by atoms with Gasteiger partial charge in [-0.1, -0.05) is 0 Å². The molecule has 0 aromatic carbocycles. The Morgan fingerprint density at radius 3 is 2.50 bits per heavy atom. The molecular formula is C4H8N2O2. The van der Waals surface area contributed by atoms with Crippen LogP contribution in [0.15, 0.2) is 0 Å². The summed E-state index contributed by atoms with van der Waals surface area (Å²) in [4.78, 5) is 9.92. The standard InChI is InChI=1S/C4H8N2O2/c1-4-2-3-5(4)6(7)8/h4H,2-3H2,1H3/t4-/m1/s1. The van der Waals surface area contributed by atoms with Crippen LogP contribution in [0.2, 0.25) is 0 Å². The Hall–Kier alpha value is -0.800. The zero-order chi connectivity index (χ0) is 6.15. The summed E-state index contributed by atoms with van der Waals surface area (Å²) in [5.74, 6) is 0. The Bertz CT molecular complexity index is 115. The molecule has 0 aromatic rings. The van der Waals surface area contributed by atoms with Crippen molar-refractivity contribution in [1.82, 2.24) is 5.01 Å². The lowest BCUT2D eigenvalue weighted by Crippen LogP contribution is -2.48. The zero-order valence-corrected chi connectivity index (χ0v) is 4.70. The lowest BCUT2D eigenvalue weighted by Gasteiger charge is -2.29. The first-order chi connectivity index (χ1) is 3.72. The van der Waals surface area contributed by atoms with Crippen LogP contribution in [0.4, 0.5) is 0 Å². The minimum atomic E-state index is -0.339. The Morgan fingerprint density at radius 1 is 1.88 bits per heavy atom. The van der Waals surface area contributed by atoms with Crippen LogP contribution in [0.3, 0.4) is 0 Å². The first kappa shape index (κ1) is 5.34. The summed E-state index contributed by atoms with van der Waals surface area (Å²) < 4.78 is 0. The molecule has 1 fully saturated rings. The third-order valence-corrected chi connectivity index (χ3v) is 1.49. The van der Waals surface area contributed by atoms with Gasteiger partial charge in [-0.3, -0.25) is 0 Å². The molecule has 0 saturated carbocycles. The predicted molar refractivity (Wildman–Crippen MR) is 27.8 cm³/mol. The summed E-state index contributed by atoms with van der Waals surface area (Å²) >= 11 is 0. The fourth-order valence-corrected chi connectivity index (χ4v) is 0.745. The summed E-state index contributed by atoms with van der Waals surface area (Å²) in [6.45, 7) is 2.47. The molecule has 0 aromatic heterocycles. The van der Waals surface area contributed by atoms with Gasteiger partial charge in [0.1, 0.15) is 0 Å². The number of nitrogens with zero attached hydrogens (tertiary/aromatic N) is 2. The van der Waals surface area contributed by atoms with Gasteiger partial charge in [0.15, 0.2) is 5.03 Å². The van der Waals surface area contributed by atoms with Gasteiger partial charge in [-0.25, -0.2) is 10.1 Å². The van der Waals surface area contributed by atoms with E-state index in [1.165, 1.54) is 5.01 Å². The number of hydrogen-bond acceptors (Lipinski definition) is 2. The topological polar surface area (TPSA) is 46.4 Å². The molecule has 1 rings (SSSR count). The van der Waals surface area contributed by atoms with E-state index in [1.54, 1.807) is 0 Å². The van der Waals surface area contributed by atoms with Crippen molar-refractivity contribution in [3.63, 3.8) is 0 Å². The van der Waals surface area contributed by atoms with Crippen molar-refractivity contribution in [2.45, 2.75) is 19.4 Å². The Morgan fingerprint density at radius 2 is 2.50 bits per heavy atom. The normalized spacial score (nSPS) is 27.1. The molecule has 4 nitrogen and oxygen atoms in total. The molecule has 0 unspecified atom stereocenters. The van der Waals surface area contributed by atoms with Crippen molar-refractivity contribution in [1.29, 1.82) is 0 Å². The van der Waals surface area contributed by atoms with Crippen molar-refractivity contribution in [3.05, 3.63) is 10.1 Å². The fraction of sp³-hybridized carbons (Fsp3) is 1.00. The monoisotopic (exact) mass is 116 g/mol. The Kier molecular flexibility index (Phi) is 1.08. The van der Waals surface area contributed by atoms with Crippen LogP contribution in [0.5, 0.6) is 0 Å². The van der Waals surface area contributed by atoms with E-state index in [2.05, 4.69) is 0 Å². The smallest absolute Gasteiger partial charge is 0.160 e. The van der Waals surface area contributed by atoms with Crippen molar-refractivity contribution in [2.24, 2.45) is 0 Å². The van der Waals surface area contributed by atoms with Crippen LogP contribution >= 0.6 is 0 Å². The van der Waals surface area contributed by atoms with Crippen LogP contribution in [-0.2, 0) is 0 Å². The van der Waals surface area contributed by atoms with Gasteiger partial charge in [-0.05, 0) is 13.3 Å². The number of rotatable bonds is 1. The highest BCUT2D eigenvalue weighted by Crippen LogP contribution is 2.14. The molecule has 0 bridgehead atoms. The Balaban J connectivity index is 2.37. The number of nitro groups is 1. The second-order valence-corrected chi connectivity index (χ2v) is 2.04. The van der Waals surface area contributed by atoms with Crippen LogP contribution in [0.1, 0.15) is 13.3 Å². The fourth-order valence-electron chi connectivity index (χ4n) is 0.745. The van der Waals surface area contributed by atoms with Gasteiger partial charge in [0.05, 0.1) is 12.6 Å². The summed E-state index contributed by atoms with van der Waals surface area (Å²) in [5, 5.41) is 10.8. The maximum Gasteiger partial charge on any atom is 0.160 e. The van der Waals surface area contributed by atoms with Gasteiger partial charge in [0.25, 0.3) is 0 Å². The molecular weight excluding hydrogens is 108 g/mol. The van der Waals surface area contributed by atoms with Crippen LogP contribution < -0.4 is 0 Å². The van der Waals surface area contributed by atoms with E-state index >= 15 is 0 Å². The quantitative estimate of drug-likeness (QED) is 0.365. The zero-order valence-electron chi connectivity index (χ0n) is 4.70. The second-order valence-electron chi connectivity index (χ2n) is 2.04. The van der Waals surface area contributed by atoms with Crippen molar-refractivity contribution in [3.8, 4) is 0 Å². The van der Waals surface area contributed by atoms with E-state index in [0.717, 1.165) is 6.42 Å². The van der Waals surface area contributed by atoms with Gasteiger partial charge in [-0.15, -0.1) is 5.01 Å². The lowest BCUT2D eigenvalue weighted by atomic mass is 10.1. The molecule has 1 heterocycles. The first-order valence-electron chi connectivity index (χ1n) is 2.63. The number of hydrazine groups is 1. The lowest BCUT2D eigenvalue weighted by molar-refractivity contribution is -0.679. The molecule has 0 radical (unpaired) electrons. The van der Waals surface area contributed by atoms with Crippen molar-refractivity contribution < 1.29 is 5.03 Å². The van der Waals surface area contributed by atoms with Crippen molar-refractivity contribution in [2.75, 3.05) is 6.54 Å². The summed E-state index contributed by atoms with van der Waals surface area (Å²) in [7, 11) is 0. The minimum absolute atomic E-state index is 0.157. The first-order valence-corrected chi connectivity index (χ1v) is 2.63. The average Bonchev–Trinajstić information content (AvgIpc) is 1.61. The predicted octanol–water partition coefficient (Wildman–Crippen LogP) is 0.272. The molecule has 1 aliphatic rings. The largest absolute Gasteiger partial charge is 0.235 e. The van der Waals surface area contributed by atoms with Crippen LogP contribution in [-0.4, -0.2) is 22.6 Å². The molecule has 0 aliphatic carbocycles. The summed E-state index contributed by atoms with van der Waals surface area (Å²) in [6, 6.07) is 0.157. The average molecular weight is 116 g/mol. The molecule has 0 N–H and O–H groups in total. The van der Waals surface area contributed by atoms with Crippen LogP contribution in [0.25, 0.3) is 0 Å². The van der Waals surface area contributed by atoms with Gasteiger partial charge in [-0.2, -0.15) is 0 Å². The molecule has 1 atom stereocenters. The molecule has 0 spiro atoms. The van der Waals surface area contributed by atoms with Gasteiger partial charge in [0, 0.05) is 0 Å². The van der Waals surface area contributed by atoms with Gasteiger partial charge in [0.2, 0.25) is 0 Å². The second kappa shape index (κ2) is 1.61. The SMILES string of the molecule is C[C@@H]1CCN1[N+](=O)[O-]. The molecule has 46 valence electrons. The maximum atomic E-state index is 9.92. The number of hydrogen-bond donors (Lipinski definition) is 0. The minimum Gasteiger partial charge on any atom is -0.235 e. The Labute approximate surface area is 47.2 Å². The van der Waals surface area contributed by atoms with Crippen LogP contribution in [0, 0.1) is 10.1 Å². The van der Waals surface area contributed by atoms with E-state index in [0.29, 0.717) is 6.54 Å². The van der Waals surface area contributed by atoms with Gasteiger partial charge < -0.3 is 0 Å². The highest BCUT2D eigenvalue weighted by Gasteiger charge is 2.31. The molecule has 4 heteroatoms. The molecule has 0 amide bonds. The van der Waals surface area contributed by atoms with Crippen molar-refractivity contribution >= 4 is 0 Å². The van der Waals surface area contributed by atoms with Gasteiger partial charge >= 0.3 is 0 Å². The third-order valence-electron chi connectivity index (χ3n) is 1.49. The van der Waals surface area contributed by atoms with E-state index in [-0.39, 0.29) is 11.1 Å². The molecule has 1 aliphatic heterocycles. The maximum absolute atomic E-state index is 9.92. The van der Waals surface area contributed by atoms with E-state index in [4.69, 9.17) is 0 Å². The molecule has 1 saturated heterocycles. The highest BCUT2D eigenvalue weighted by atomic mass is 16.7. The van der Waals surface area contributed by atoms with E-state index < -0.39 is 0 Å².